The summed E-state index contributed by atoms with van der Waals surface area (Å²) < 4.78 is 22.0. The number of methoxy groups -OCH3 is 2. The molecule has 0 saturated carbocycles. The van der Waals surface area contributed by atoms with Crippen LogP contribution in [0.2, 0.25) is 0 Å². The van der Waals surface area contributed by atoms with Crippen LogP contribution >= 0.6 is 0 Å². The molecule has 164 valence electrons. The average molecular weight is 424 g/mol. The molecule has 0 unspecified atom stereocenters. The quantitative estimate of drug-likeness (QED) is 0.364. The van der Waals surface area contributed by atoms with E-state index in [0.29, 0.717) is 31.1 Å². The third-order valence-electron chi connectivity index (χ3n) is 5.02. The normalized spacial score (nSPS) is 11.5. The zero-order chi connectivity index (χ0) is 22.2. The van der Waals surface area contributed by atoms with Crippen LogP contribution < -0.4 is 14.8 Å². The molecule has 6 heteroatoms. The highest BCUT2D eigenvalue weighted by Crippen LogP contribution is 2.38. The molecule has 1 N–H and O–H groups in total. The summed E-state index contributed by atoms with van der Waals surface area (Å²) in [5.41, 5.74) is 4.30. The summed E-state index contributed by atoms with van der Waals surface area (Å²) in [6.07, 6.45) is 4.10. The molecule has 3 rings (SSSR count). The number of hydrogen-bond acceptors (Lipinski definition) is 5. The molecule has 0 atom stereocenters. The van der Waals surface area contributed by atoms with Gasteiger partial charge in [-0.2, -0.15) is 0 Å². The van der Waals surface area contributed by atoms with Gasteiger partial charge in [-0.1, -0.05) is 12.1 Å². The highest BCUT2D eigenvalue weighted by Gasteiger charge is 2.15. The molecule has 1 heterocycles. The standard InChI is InChI=1S/C25H29NO5/c1-5-30-11-7-10-26-25(27)12-17(2)20-14-21-22(16-31-24(21)15-23(20)29-4)18-8-6-9-19(13-18)28-3/h6,8-9,12-16H,5,7,10-11H2,1-4H3,(H,26,27)/b17-12+. The topological polar surface area (TPSA) is 69.9 Å². The van der Waals surface area contributed by atoms with Gasteiger partial charge in [-0.25, -0.2) is 0 Å². The maximum absolute atomic E-state index is 12.3. The maximum atomic E-state index is 12.3. The smallest absolute Gasteiger partial charge is 0.244 e. The van der Waals surface area contributed by atoms with Gasteiger partial charge in [0.05, 0.1) is 20.5 Å². The molecule has 2 aromatic carbocycles. The molecule has 0 saturated heterocycles. The Morgan fingerprint density at radius 2 is 2.00 bits per heavy atom. The molecule has 31 heavy (non-hydrogen) atoms. The fourth-order valence-electron chi connectivity index (χ4n) is 3.40. The first-order valence-corrected chi connectivity index (χ1v) is 10.3. The fraction of sp³-hybridized carbons (Fsp3) is 0.320. The first-order chi connectivity index (χ1) is 15.1. The van der Waals surface area contributed by atoms with Crippen LogP contribution in [0, 0.1) is 0 Å². The fourth-order valence-corrected chi connectivity index (χ4v) is 3.40. The molecule has 0 fully saturated rings. The highest BCUT2D eigenvalue weighted by molar-refractivity contribution is 6.00. The molecule has 0 bridgehead atoms. The van der Waals surface area contributed by atoms with Gasteiger partial charge in [0.2, 0.25) is 5.91 Å². The SMILES string of the molecule is CCOCCCNC(=O)/C=C(\C)c1cc2c(-c3cccc(OC)c3)coc2cc1OC. The van der Waals surface area contributed by atoms with E-state index in [1.165, 1.54) is 0 Å². The highest BCUT2D eigenvalue weighted by atomic mass is 16.5. The number of fused-ring (bicyclic) bond motifs is 1. The van der Waals surface area contributed by atoms with Gasteiger partial charge in [0.25, 0.3) is 0 Å². The first kappa shape index (κ1) is 22.4. The number of benzene rings is 2. The summed E-state index contributed by atoms with van der Waals surface area (Å²) in [5.74, 6) is 1.28. The number of allylic oxidation sites excluding steroid dienone is 1. The van der Waals surface area contributed by atoms with Crippen molar-refractivity contribution in [2.24, 2.45) is 0 Å². The summed E-state index contributed by atoms with van der Waals surface area (Å²) in [6.45, 7) is 5.74. The van der Waals surface area contributed by atoms with Crippen molar-refractivity contribution < 1.29 is 23.4 Å². The largest absolute Gasteiger partial charge is 0.497 e. The van der Waals surface area contributed by atoms with Gasteiger partial charge in [-0.3, -0.25) is 4.79 Å². The van der Waals surface area contributed by atoms with E-state index in [4.69, 9.17) is 18.6 Å². The van der Waals surface area contributed by atoms with Crippen LogP contribution in [0.3, 0.4) is 0 Å². The van der Waals surface area contributed by atoms with Crippen molar-refractivity contribution in [3.63, 3.8) is 0 Å². The lowest BCUT2D eigenvalue weighted by Crippen LogP contribution is -2.23. The van der Waals surface area contributed by atoms with Gasteiger partial charge < -0.3 is 23.9 Å². The van der Waals surface area contributed by atoms with E-state index < -0.39 is 0 Å². The van der Waals surface area contributed by atoms with Crippen LogP contribution in [0.4, 0.5) is 0 Å². The van der Waals surface area contributed by atoms with E-state index in [-0.39, 0.29) is 5.91 Å². The number of rotatable bonds is 10. The average Bonchev–Trinajstić information content (AvgIpc) is 3.21. The predicted molar refractivity (Wildman–Crippen MR) is 123 cm³/mol. The van der Waals surface area contributed by atoms with Crippen LogP contribution in [0.5, 0.6) is 11.5 Å². The van der Waals surface area contributed by atoms with Crippen molar-refractivity contribution in [1.82, 2.24) is 5.32 Å². The van der Waals surface area contributed by atoms with Gasteiger partial charge in [-0.05, 0) is 49.6 Å². The number of ether oxygens (including phenoxy) is 3. The Labute approximate surface area is 182 Å². The van der Waals surface area contributed by atoms with Gasteiger partial charge in [0.15, 0.2) is 0 Å². The molecular weight excluding hydrogens is 394 g/mol. The monoisotopic (exact) mass is 423 g/mol. The Morgan fingerprint density at radius 3 is 2.74 bits per heavy atom. The van der Waals surface area contributed by atoms with Crippen LogP contribution in [-0.2, 0) is 9.53 Å². The minimum Gasteiger partial charge on any atom is -0.497 e. The van der Waals surface area contributed by atoms with Crippen molar-refractivity contribution in [2.75, 3.05) is 34.0 Å². The van der Waals surface area contributed by atoms with Gasteiger partial charge in [-0.15, -0.1) is 0 Å². The lowest BCUT2D eigenvalue weighted by Gasteiger charge is -2.10. The van der Waals surface area contributed by atoms with Gasteiger partial charge in [0.1, 0.15) is 17.1 Å². The van der Waals surface area contributed by atoms with E-state index in [9.17, 15) is 4.79 Å². The summed E-state index contributed by atoms with van der Waals surface area (Å²) in [5, 5.41) is 3.83. The second-order valence-electron chi connectivity index (χ2n) is 7.10. The summed E-state index contributed by atoms with van der Waals surface area (Å²) in [6, 6.07) is 11.7. The summed E-state index contributed by atoms with van der Waals surface area (Å²) in [7, 11) is 3.25. The van der Waals surface area contributed by atoms with Crippen LogP contribution in [0.1, 0.15) is 25.8 Å². The Hall–Kier alpha value is -3.25. The van der Waals surface area contributed by atoms with Gasteiger partial charge >= 0.3 is 0 Å². The molecule has 1 aromatic heterocycles. The van der Waals surface area contributed by atoms with Crippen molar-refractivity contribution in [2.45, 2.75) is 20.3 Å². The number of nitrogens with one attached hydrogen (secondary N) is 1. The van der Waals surface area contributed by atoms with Crippen LogP contribution in [0.25, 0.3) is 27.7 Å². The Bertz CT molecular complexity index is 1070. The number of furan rings is 1. The minimum absolute atomic E-state index is 0.142. The van der Waals surface area contributed by atoms with E-state index in [0.717, 1.165) is 39.8 Å². The lowest BCUT2D eigenvalue weighted by molar-refractivity contribution is -0.116. The summed E-state index contributed by atoms with van der Waals surface area (Å²) >= 11 is 0. The molecule has 6 nitrogen and oxygen atoms in total. The Kier molecular flexibility index (Phi) is 7.73. The zero-order valence-corrected chi connectivity index (χ0v) is 18.5. The maximum Gasteiger partial charge on any atom is 0.244 e. The summed E-state index contributed by atoms with van der Waals surface area (Å²) in [4.78, 5) is 12.3. The first-order valence-electron chi connectivity index (χ1n) is 10.3. The number of hydrogen-bond donors (Lipinski definition) is 1. The van der Waals surface area contributed by atoms with Gasteiger partial charge in [0, 0.05) is 48.4 Å². The number of amides is 1. The Balaban J connectivity index is 1.89. The second-order valence-corrected chi connectivity index (χ2v) is 7.10. The van der Waals surface area contributed by atoms with Crippen molar-refractivity contribution >= 4 is 22.4 Å². The van der Waals surface area contributed by atoms with Crippen molar-refractivity contribution in [3.05, 3.63) is 54.3 Å². The second kappa shape index (κ2) is 10.7. The predicted octanol–water partition coefficient (Wildman–Crippen LogP) is 5.06. The van der Waals surface area contributed by atoms with E-state index in [1.54, 1.807) is 26.6 Å². The van der Waals surface area contributed by atoms with E-state index in [1.807, 2.05) is 50.2 Å². The van der Waals surface area contributed by atoms with Crippen molar-refractivity contribution in [3.8, 4) is 22.6 Å². The number of carbonyl (C=O) groups excluding carboxylic acids is 1. The zero-order valence-electron chi connectivity index (χ0n) is 18.5. The molecule has 0 aliphatic heterocycles. The molecule has 0 aliphatic carbocycles. The minimum atomic E-state index is -0.142. The van der Waals surface area contributed by atoms with Crippen molar-refractivity contribution in [1.29, 1.82) is 0 Å². The molecule has 1 amide bonds. The Morgan fingerprint density at radius 1 is 1.16 bits per heavy atom. The number of carbonyl (C=O) groups is 1. The third-order valence-corrected chi connectivity index (χ3v) is 5.02. The molecule has 0 spiro atoms. The molecular formula is C25H29NO5. The van der Waals surface area contributed by atoms with E-state index in [2.05, 4.69) is 5.32 Å². The third kappa shape index (κ3) is 5.47. The van der Waals surface area contributed by atoms with Crippen LogP contribution in [0.15, 0.2) is 53.2 Å². The molecule has 0 radical (unpaired) electrons. The molecule has 0 aliphatic rings. The lowest BCUT2D eigenvalue weighted by atomic mass is 9.99. The van der Waals surface area contributed by atoms with E-state index >= 15 is 0 Å². The molecule has 3 aromatic rings. The van der Waals surface area contributed by atoms with Crippen LogP contribution in [-0.4, -0.2) is 39.9 Å².